The van der Waals surface area contributed by atoms with E-state index in [0.29, 0.717) is 31.4 Å². The Balaban J connectivity index is 1.73. The van der Waals surface area contributed by atoms with E-state index in [4.69, 9.17) is 16.0 Å². The molecular weight excluding hydrogens is 322 g/mol. The van der Waals surface area contributed by atoms with Crippen LogP contribution < -0.4 is 0 Å². The van der Waals surface area contributed by atoms with Gasteiger partial charge in [0.05, 0.1) is 6.54 Å². The van der Waals surface area contributed by atoms with Gasteiger partial charge in [-0.2, -0.15) is 0 Å². The zero-order valence-corrected chi connectivity index (χ0v) is 13.9. The molecule has 0 spiro atoms. The van der Waals surface area contributed by atoms with E-state index in [1.807, 2.05) is 0 Å². The predicted octanol–water partition coefficient (Wildman–Crippen LogP) is 1.43. The number of nitrogens with zero attached hydrogens (tertiary/aromatic N) is 3. The molecule has 0 radical (unpaired) electrons. The van der Waals surface area contributed by atoms with E-state index in [-0.39, 0.29) is 18.5 Å². The highest BCUT2D eigenvalue weighted by molar-refractivity contribution is 6.28. The summed E-state index contributed by atoms with van der Waals surface area (Å²) in [6, 6.07) is 3.34. The summed E-state index contributed by atoms with van der Waals surface area (Å²) in [4.78, 5) is 29.2. The Morgan fingerprint density at radius 1 is 1.39 bits per heavy atom. The summed E-state index contributed by atoms with van der Waals surface area (Å²) in [5.41, 5.74) is -0.901. The highest BCUT2D eigenvalue weighted by Gasteiger charge is 2.58. The highest BCUT2D eigenvalue weighted by Crippen LogP contribution is 2.43. The second-order valence-electron chi connectivity index (χ2n) is 6.59. The number of furan rings is 1. The second-order valence-corrected chi connectivity index (χ2v) is 6.96. The van der Waals surface area contributed by atoms with Crippen molar-refractivity contribution in [2.45, 2.75) is 6.54 Å². The van der Waals surface area contributed by atoms with Crippen LogP contribution in [0.2, 0.25) is 5.22 Å². The maximum absolute atomic E-state index is 12.1. The average molecular weight is 342 g/mol. The molecular formula is C15H20ClN3O4. The van der Waals surface area contributed by atoms with Crippen molar-refractivity contribution in [1.82, 2.24) is 14.7 Å². The van der Waals surface area contributed by atoms with Crippen LogP contribution in [-0.2, 0) is 11.3 Å². The number of amides is 2. The molecule has 0 aliphatic carbocycles. The number of carboxylic acids is 1. The number of hydrogen-bond donors (Lipinski definition) is 1. The molecule has 2 amide bonds. The van der Waals surface area contributed by atoms with Gasteiger partial charge in [0, 0.05) is 46.2 Å². The number of carboxylic acid groups (broad SMARTS) is 1. The van der Waals surface area contributed by atoms with Crippen LogP contribution in [0.5, 0.6) is 0 Å². The van der Waals surface area contributed by atoms with E-state index in [9.17, 15) is 14.7 Å². The van der Waals surface area contributed by atoms with Gasteiger partial charge in [-0.05, 0) is 23.7 Å². The quantitative estimate of drug-likeness (QED) is 0.900. The topological polar surface area (TPSA) is 77.2 Å². The third-order valence-corrected chi connectivity index (χ3v) is 4.97. The lowest BCUT2D eigenvalue weighted by Crippen LogP contribution is -2.44. The summed E-state index contributed by atoms with van der Waals surface area (Å²) in [7, 11) is 3.35. The Morgan fingerprint density at radius 2 is 2.13 bits per heavy atom. The first-order valence-corrected chi connectivity index (χ1v) is 7.86. The third kappa shape index (κ3) is 2.79. The Bertz CT molecular complexity index is 632. The number of fused-ring (bicyclic) bond motifs is 1. The first kappa shape index (κ1) is 16.1. The zero-order valence-electron chi connectivity index (χ0n) is 13.2. The smallest absolute Gasteiger partial charge is 0.319 e. The summed E-state index contributed by atoms with van der Waals surface area (Å²) >= 11 is 5.77. The van der Waals surface area contributed by atoms with Crippen molar-refractivity contribution < 1.29 is 19.1 Å². The Labute approximate surface area is 139 Å². The average Bonchev–Trinajstić information content (AvgIpc) is 3.11. The van der Waals surface area contributed by atoms with Crippen LogP contribution in [0.1, 0.15) is 5.76 Å². The molecule has 126 valence electrons. The van der Waals surface area contributed by atoms with Crippen LogP contribution in [0.15, 0.2) is 16.5 Å². The maximum atomic E-state index is 12.1. The fourth-order valence-electron chi connectivity index (χ4n) is 3.68. The van der Waals surface area contributed by atoms with Gasteiger partial charge in [-0.1, -0.05) is 0 Å². The van der Waals surface area contributed by atoms with Gasteiger partial charge in [0.1, 0.15) is 11.2 Å². The molecule has 2 aliphatic heterocycles. The van der Waals surface area contributed by atoms with Gasteiger partial charge in [-0.3, -0.25) is 9.69 Å². The summed E-state index contributed by atoms with van der Waals surface area (Å²) in [5.74, 6) is -0.192. The SMILES string of the molecule is CN(C)C(=O)N1C[C@@H]2CN(Cc3ccc(Cl)o3)C[C@]2(C(=O)O)C1. The largest absolute Gasteiger partial charge is 0.481 e. The third-order valence-electron chi connectivity index (χ3n) is 4.77. The van der Waals surface area contributed by atoms with Crippen LogP contribution in [0, 0.1) is 11.3 Å². The Morgan fingerprint density at radius 3 is 2.65 bits per heavy atom. The maximum Gasteiger partial charge on any atom is 0.319 e. The molecule has 2 aliphatic rings. The van der Waals surface area contributed by atoms with Gasteiger partial charge in [-0.15, -0.1) is 0 Å². The lowest BCUT2D eigenvalue weighted by atomic mass is 9.81. The van der Waals surface area contributed by atoms with Crippen molar-refractivity contribution in [1.29, 1.82) is 0 Å². The van der Waals surface area contributed by atoms with E-state index in [2.05, 4.69) is 4.90 Å². The fourth-order valence-corrected chi connectivity index (χ4v) is 3.84. The molecule has 2 saturated heterocycles. The van der Waals surface area contributed by atoms with Gasteiger partial charge in [0.15, 0.2) is 5.22 Å². The Hall–Kier alpha value is -1.73. The van der Waals surface area contributed by atoms with Gasteiger partial charge < -0.3 is 19.3 Å². The summed E-state index contributed by atoms with van der Waals surface area (Å²) in [5, 5.41) is 10.1. The molecule has 0 aromatic carbocycles. The van der Waals surface area contributed by atoms with Crippen molar-refractivity contribution in [3.63, 3.8) is 0 Å². The minimum absolute atomic E-state index is 0.0747. The first-order valence-electron chi connectivity index (χ1n) is 7.48. The van der Waals surface area contributed by atoms with Crippen LogP contribution in [0.4, 0.5) is 4.79 Å². The number of rotatable bonds is 3. The zero-order chi connectivity index (χ0) is 16.8. The summed E-state index contributed by atoms with van der Waals surface area (Å²) in [6.45, 7) is 2.28. The van der Waals surface area contributed by atoms with Crippen molar-refractivity contribution in [3.05, 3.63) is 23.1 Å². The minimum atomic E-state index is -0.901. The lowest BCUT2D eigenvalue weighted by molar-refractivity contribution is -0.148. The molecule has 0 bridgehead atoms. The lowest BCUT2D eigenvalue weighted by Gasteiger charge is -2.26. The van der Waals surface area contributed by atoms with Gasteiger partial charge in [-0.25, -0.2) is 4.79 Å². The molecule has 1 aromatic rings. The summed E-state index contributed by atoms with van der Waals surface area (Å²) < 4.78 is 5.36. The molecule has 0 saturated carbocycles. The molecule has 2 fully saturated rings. The number of likely N-dealkylation sites (tertiary alicyclic amines) is 2. The molecule has 23 heavy (non-hydrogen) atoms. The first-order chi connectivity index (χ1) is 10.8. The normalized spacial score (nSPS) is 27.3. The van der Waals surface area contributed by atoms with Crippen LogP contribution in [0.25, 0.3) is 0 Å². The molecule has 0 unspecified atom stereocenters. The molecule has 3 heterocycles. The van der Waals surface area contributed by atoms with Crippen LogP contribution in [0.3, 0.4) is 0 Å². The van der Waals surface area contributed by atoms with Gasteiger partial charge >= 0.3 is 12.0 Å². The molecule has 7 nitrogen and oxygen atoms in total. The fraction of sp³-hybridized carbons (Fsp3) is 0.600. The number of hydrogen-bond acceptors (Lipinski definition) is 4. The van der Waals surface area contributed by atoms with Gasteiger partial charge in [0.2, 0.25) is 0 Å². The molecule has 8 heteroatoms. The number of carbonyl (C=O) groups is 2. The van der Waals surface area contributed by atoms with Crippen LogP contribution in [-0.4, -0.2) is 72.1 Å². The van der Waals surface area contributed by atoms with E-state index in [1.165, 1.54) is 4.90 Å². The molecule has 2 atom stereocenters. The highest BCUT2D eigenvalue weighted by atomic mass is 35.5. The monoisotopic (exact) mass is 341 g/mol. The number of carbonyl (C=O) groups excluding carboxylic acids is 1. The van der Waals surface area contributed by atoms with Crippen molar-refractivity contribution in [2.75, 3.05) is 40.3 Å². The molecule has 1 N–H and O–H groups in total. The molecule has 1 aromatic heterocycles. The molecule has 3 rings (SSSR count). The van der Waals surface area contributed by atoms with Gasteiger partial charge in [0.25, 0.3) is 0 Å². The van der Waals surface area contributed by atoms with Crippen molar-refractivity contribution >= 4 is 23.6 Å². The minimum Gasteiger partial charge on any atom is -0.481 e. The number of aliphatic carboxylic acids is 1. The standard InChI is InChI=1S/C15H20ClN3O4/c1-17(2)14(22)19-6-10-5-18(7-11-3-4-12(16)23-11)8-15(10,9-19)13(20)21/h3-4,10H,5-9H2,1-2H3,(H,20,21)/t10-,15-/m0/s1. The van der Waals surface area contributed by atoms with Crippen molar-refractivity contribution in [2.24, 2.45) is 11.3 Å². The van der Waals surface area contributed by atoms with E-state index < -0.39 is 11.4 Å². The number of urea groups is 1. The number of halogens is 1. The van der Waals surface area contributed by atoms with Crippen LogP contribution >= 0.6 is 11.6 Å². The van der Waals surface area contributed by atoms with E-state index in [1.54, 1.807) is 31.1 Å². The van der Waals surface area contributed by atoms with E-state index >= 15 is 0 Å². The summed E-state index contributed by atoms with van der Waals surface area (Å²) in [6.07, 6.45) is 0. The predicted molar refractivity (Wildman–Crippen MR) is 83.2 cm³/mol. The van der Waals surface area contributed by atoms with E-state index in [0.717, 1.165) is 5.76 Å². The Kier molecular flexibility index (Phi) is 4.01. The van der Waals surface area contributed by atoms with Crippen molar-refractivity contribution in [3.8, 4) is 0 Å². The second kappa shape index (κ2) is 5.72.